The van der Waals surface area contributed by atoms with E-state index in [4.69, 9.17) is 19.4 Å². The first-order chi connectivity index (χ1) is 25.8. The summed E-state index contributed by atoms with van der Waals surface area (Å²) >= 11 is 0. The van der Waals surface area contributed by atoms with Gasteiger partial charge in [-0.15, -0.1) is 0 Å². The van der Waals surface area contributed by atoms with E-state index in [-0.39, 0.29) is 0 Å². The zero-order valence-corrected chi connectivity index (χ0v) is 27.9. The summed E-state index contributed by atoms with van der Waals surface area (Å²) in [5, 5.41) is 8.99. The number of para-hydroxylation sites is 1. The van der Waals surface area contributed by atoms with Crippen molar-refractivity contribution >= 4 is 65.3 Å². The molecule has 0 N–H and O–H groups in total. The van der Waals surface area contributed by atoms with Gasteiger partial charge in [0.2, 0.25) is 0 Å². The van der Waals surface area contributed by atoms with Gasteiger partial charge in [-0.1, -0.05) is 127 Å². The Morgan fingerprint density at radius 1 is 0.385 bits per heavy atom. The fraction of sp³-hybridized carbons (Fsp3) is 0. The zero-order chi connectivity index (χ0) is 34.2. The fourth-order valence-corrected chi connectivity index (χ4v) is 7.77. The van der Waals surface area contributed by atoms with E-state index in [1.807, 2.05) is 60.7 Å². The molecule has 0 atom stereocenters. The Morgan fingerprint density at radius 2 is 0.981 bits per heavy atom. The minimum atomic E-state index is 0.616. The third kappa shape index (κ3) is 4.39. The lowest BCUT2D eigenvalue weighted by atomic mass is 9.99. The highest BCUT2D eigenvalue weighted by molar-refractivity contribution is 6.19. The van der Waals surface area contributed by atoms with Crippen LogP contribution in [-0.2, 0) is 0 Å². The van der Waals surface area contributed by atoms with Crippen molar-refractivity contribution in [1.29, 1.82) is 0 Å². The summed E-state index contributed by atoms with van der Waals surface area (Å²) in [5.74, 6) is 1.88. The Bertz CT molecular complexity index is 3120. The standard InChI is InChI=1S/C47H28N4O/c1-3-13-29(14-4-1)45-48-46(30-15-5-2-6-16-30)50-47(49-45)40-28-39-38-27-33(23-24-43(38)52-44(39)36-21-10-9-19-34(36)40)51-41-22-12-11-20-35(41)37-25-31-17-7-8-18-32(31)26-42(37)51/h1-28H. The number of benzene rings is 8. The predicted octanol–water partition coefficient (Wildman–Crippen LogP) is 12.2. The minimum absolute atomic E-state index is 0.616. The topological polar surface area (TPSA) is 56.7 Å². The predicted molar refractivity (Wildman–Crippen MR) is 213 cm³/mol. The van der Waals surface area contributed by atoms with Gasteiger partial charge in [0.25, 0.3) is 0 Å². The van der Waals surface area contributed by atoms with Crippen LogP contribution in [0.25, 0.3) is 105 Å². The summed E-state index contributed by atoms with van der Waals surface area (Å²) in [5.41, 5.74) is 7.89. The first-order valence-corrected chi connectivity index (χ1v) is 17.4. The molecule has 0 radical (unpaired) electrons. The molecule has 0 aliphatic rings. The highest BCUT2D eigenvalue weighted by Crippen LogP contribution is 2.41. The molecule has 0 spiro atoms. The van der Waals surface area contributed by atoms with Crippen LogP contribution in [0.2, 0.25) is 0 Å². The average Bonchev–Trinajstić information content (AvgIpc) is 3.75. The van der Waals surface area contributed by atoms with Gasteiger partial charge in [0.1, 0.15) is 11.2 Å². The van der Waals surface area contributed by atoms with E-state index in [1.165, 1.54) is 27.1 Å². The minimum Gasteiger partial charge on any atom is -0.455 e. The van der Waals surface area contributed by atoms with Crippen LogP contribution < -0.4 is 0 Å². The molecule has 0 saturated heterocycles. The van der Waals surface area contributed by atoms with E-state index in [0.717, 1.165) is 60.6 Å². The molecule has 0 bridgehead atoms. The quantitative estimate of drug-likeness (QED) is 0.188. The molecule has 0 amide bonds. The summed E-state index contributed by atoms with van der Waals surface area (Å²) in [6, 6.07) is 59.2. The maximum Gasteiger partial charge on any atom is 0.164 e. The Labute approximate surface area is 298 Å². The van der Waals surface area contributed by atoms with E-state index in [1.54, 1.807) is 0 Å². The molecule has 0 unspecified atom stereocenters. The number of hydrogen-bond donors (Lipinski definition) is 0. The SMILES string of the molecule is c1ccc(-c2nc(-c3ccccc3)nc(-c3cc4c5cc(-n6c7ccccc7c7cc8ccccc8cc76)ccc5oc4c4ccccc34)n2)cc1. The maximum atomic E-state index is 6.69. The Kier molecular flexibility index (Phi) is 6.18. The van der Waals surface area contributed by atoms with Gasteiger partial charge in [-0.25, -0.2) is 15.0 Å². The van der Waals surface area contributed by atoms with Gasteiger partial charge >= 0.3 is 0 Å². The van der Waals surface area contributed by atoms with Gasteiger partial charge in [-0.05, 0) is 58.6 Å². The lowest BCUT2D eigenvalue weighted by Crippen LogP contribution is -2.00. The van der Waals surface area contributed by atoms with Crippen LogP contribution >= 0.6 is 0 Å². The smallest absolute Gasteiger partial charge is 0.164 e. The third-order valence-electron chi connectivity index (χ3n) is 10.2. The highest BCUT2D eigenvalue weighted by atomic mass is 16.3. The fourth-order valence-electron chi connectivity index (χ4n) is 7.77. The number of fused-ring (bicyclic) bond motifs is 9. The van der Waals surface area contributed by atoms with Crippen molar-refractivity contribution in [3.8, 4) is 39.9 Å². The molecule has 11 rings (SSSR count). The van der Waals surface area contributed by atoms with Crippen molar-refractivity contribution in [3.63, 3.8) is 0 Å². The van der Waals surface area contributed by atoms with E-state index < -0.39 is 0 Å². The van der Waals surface area contributed by atoms with Crippen LogP contribution in [0.5, 0.6) is 0 Å². The highest BCUT2D eigenvalue weighted by Gasteiger charge is 2.20. The molecule has 0 fully saturated rings. The molecule has 11 aromatic rings. The van der Waals surface area contributed by atoms with E-state index in [0.29, 0.717) is 17.5 Å². The number of aromatic nitrogens is 4. The third-order valence-corrected chi connectivity index (χ3v) is 10.2. The zero-order valence-electron chi connectivity index (χ0n) is 27.9. The largest absolute Gasteiger partial charge is 0.455 e. The van der Waals surface area contributed by atoms with E-state index in [2.05, 4.69) is 114 Å². The monoisotopic (exact) mass is 664 g/mol. The number of rotatable bonds is 4. The van der Waals surface area contributed by atoms with Crippen molar-refractivity contribution < 1.29 is 4.42 Å². The first kappa shape index (κ1) is 28.7. The Hall–Kier alpha value is -7.11. The second-order valence-corrected chi connectivity index (χ2v) is 13.2. The van der Waals surface area contributed by atoms with Gasteiger partial charge in [-0.3, -0.25) is 0 Å². The summed E-state index contributed by atoms with van der Waals surface area (Å²) in [6.07, 6.45) is 0. The molecule has 0 aliphatic carbocycles. The molecule has 52 heavy (non-hydrogen) atoms. The van der Waals surface area contributed by atoms with E-state index >= 15 is 0 Å². The number of furan rings is 1. The molecular weight excluding hydrogens is 637 g/mol. The van der Waals surface area contributed by atoms with Crippen LogP contribution in [0.4, 0.5) is 0 Å². The lowest BCUT2D eigenvalue weighted by Gasteiger charge is -2.11. The van der Waals surface area contributed by atoms with Gasteiger partial charge in [0.15, 0.2) is 17.5 Å². The van der Waals surface area contributed by atoms with Crippen molar-refractivity contribution in [3.05, 3.63) is 170 Å². The van der Waals surface area contributed by atoms with Crippen LogP contribution in [0, 0.1) is 0 Å². The van der Waals surface area contributed by atoms with Crippen molar-refractivity contribution in [2.75, 3.05) is 0 Å². The summed E-state index contributed by atoms with van der Waals surface area (Å²) < 4.78 is 9.06. The van der Waals surface area contributed by atoms with Crippen molar-refractivity contribution in [2.24, 2.45) is 0 Å². The first-order valence-electron chi connectivity index (χ1n) is 17.4. The Morgan fingerprint density at radius 3 is 1.71 bits per heavy atom. The molecule has 0 saturated carbocycles. The number of hydrogen-bond acceptors (Lipinski definition) is 4. The van der Waals surface area contributed by atoms with Crippen LogP contribution in [0.3, 0.4) is 0 Å². The average molecular weight is 665 g/mol. The van der Waals surface area contributed by atoms with Gasteiger partial charge in [-0.2, -0.15) is 0 Å². The number of nitrogens with zero attached hydrogens (tertiary/aromatic N) is 4. The molecule has 0 aliphatic heterocycles. The normalized spacial score (nSPS) is 11.8. The van der Waals surface area contributed by atoms with Gasteiger partial charge in [0, 0.05) is 49.3 Å². The molecule has 8 aromatic carbocycles. The van der Waals surface area contributed by atoms with Crippen LogP contribution in [0.1, 0.15) is 0 Å². The van der Waals surface area contributed by atoms with Crippen LogP contribution in [0.15, 0.2) is 174 Å². The Balaban J connectivity index is 1.18. The molecule has 5 heteroatoms. The second kappa shape index (κ2) is 11.2. The molecule has 242 valence electrons. The molecule has 5 nitrogen and oxygen atoms in total. The molecule has 3 heterocycles. The lowest BCUT2D eigenvalue weighted by molar-refractivity contribution is 0.672. The van der Waals surface area contributed by atoms with E-state index in [9.17, 15) is 0 Å². The summed E-state index contributed by atoms with van der Waals surface area (Å²) in [7, 11) is 0. The molecule has 3 aromatic heterocycles. The summed E-state index contributed by atoms with van der Waals surface area (Å²) in [4.78, 5) is 15.2. The van der Waals surface area contributed by atoms with Crippen LogP contribution in [-0.4, -0.2) is 19.5 Å². The second-order valence-electron chi connectivity index (χ2n) is 13.2. The summed E-state index contributed by atoms with van der Waals surface area (Å²) in [6.45, 7) is 0. The van der Waals surface area contributed by atoms with Crippen molar-refractivity contribution in [2.45, 2.75) is 0 Å². The van der Waals surface area contributed by atoms with Crippen molar-refractivity contribution in [1.82, 2.24) is 19.5 Å². The maximum absolute atomic E-state index is 6.69. The molecular formula is C47H28N4O. The van der Waals surface area contributed by atoms with Gasteiger partial charge in [0.05, 0.1) is 11.0 Å². The van der Waals surface area contributed by atoms with Gasteiger partial charge < -0.3 is 8.98 Å².